The second-order valence-electron chi connectivity index (χ2n) is 5.70. The third-order valence-corrected chi connectivity index (χ3v) is 3.63. The molecule has 0 aliphatic heterocycles. The Morgan fingerprint density at radius 1 is 0.870 bits per heavy atom. The van der Waals surface area contributed by atoms with E-state index < -0.39 is 10.4 Å². The van der Waals surface area contributed by atoms with E-state index in [4.69, 9.17) is 17.5 Å². The molecule has 2 N–H and O–H groups in total. The first-order chi connectivity index (χ1) is 10.7. The van der Waals surface area contributed by atoms with Crippen molar-refractivity contribution in [3.8, 4) is 0 Å². The van der Waals surface area contributed by atoms with Crippen molar-refractivity contribution >= 4 is 44.7 Å². The minimum absolute atomic E-state index is 0.750. The van der Waals surface area contributed by atoms with E-state index in [2.05, 4.69) is 6.92 Å². The van der Waals surface area contributed by atoms with Crippen LogP contribution in [0, 0.1) is 0 Å². The van der Waals surface area contributed by atoms with Crippen molar-refractivity contribution < 1.29 is 22.3 Å². The summed E-state index contributed by atoms with van der Waals surface area (Å²) in [6.07, 6.45) is 15.5. The normalized spacial score (nSPS) is 10.0. The Hall–Kier alpha value is 0.340. The monoisotopic (exact) mass is 363 g/mol. The van der Waals surface area contributed by atoms with E-state index in [0.717, 1.165) is 6.41 Å². The minimum Gasteiger partial charge on any atom is -0.351 e. The molecule has 6 nitrogen and oxygen atoms in total. The molecule has 0 spiro atoms. The smallest absolute Gasteiger partial charge is 0.351 e. The number of nitrogens with zero attached hydrogens (tertiary/aromatic N) is 1. The molecule has 8 heteroatoms. The first-order valence-corrected chi connectivity index (χ1v) is 11.3. The van der Waals surface area contributed by atoms with Gasteiger partial charge in [-0.25, -0.2) is 0 Å². The molecule has 0 aromatic rings. The Morgan fingerprint density at radius 2 is 1.13 bits per heavy atom. The summed E-state index contributed by atoms with van der Waals surface area (Å²) in [6, 6.07) is 0. The predicted molar refractivity (Wildman–Crippen MR) is 96.3 cm³/mol. The fourth-order valence-corrected chi connectivity index (χ4v) is 2.24. The van der Waals surface area contributed by atoms with Crippen molar-refractivity contribution in [3.63, 3.8) is 0 Å². The molecule has 0 bridgehead atoms. The van der Waals surface area contributed by atoms with Crippen LogP contribution in [0.2, 0.25) is 3.67 Å². The van der Waals surface area contributed by atoms with Crippen LogP contribution in [0.4, 0.5) is 0 Å². The number of rotatable bonds is 11. The number of unbranched alkanes of at least 4 members (excludes halogenated alkanes) is 9. The molecule has 23 heavy (non-hydrogen) atoms. The van der Waals surface area contributed by atoms with Crippen LogP contribution in [0.5, 0.6) is 0 Å². The van der Waals surface area contributed by atoms with Gasteiger partial charge in [-0.1, -0.05) is 0 Å². The number of amides is 1. The topological polar surface area (TPSA) is 94.9 Å². The molecule has 136 valence electrons. The summed E-state index contributed by atoms with van der Waals surface area (Å²) >= 11 is 1.41. The van der Waals surface area contributed by atoms with Crippen LogP contribution in [0.15, 0.2) is 0 Å². The van der Waals surface area contributed by atoms with Crippen LogP contribution in [0.3, 0.4) is 0 Å². The van der Waals surface area contributed by atoms with Crippen molar-refractivity contribution in [2.75, 3.05) is 14.1 Å². The van der Waals surface area contributed by atoms with Gasteiger partial charge in [-0.3, -0.25) is 13.9 Å². The quantitative estimate of drug-likeness (QED) is 0.253. The molecule has 0 heterocycles. The second kappa shape index (κ2) is 22.3. The number of carbonyl (C=O) groups is 1. The Kier molecular flexibility index (Phi) is 27.3. The standard InChI is InChI=1S/C12H25.C3H7NO.Na.H2O4S/c1-3-5-7-9-11-12-10-8-6-4-2;1-4(2)3-5;;1-5(2,3)4/h1,3-12H2,2H3;3H,1-2H3;;(H2,1,2,3,4). The first-order valence-electron chi connectivity index (χ1n) is 8.50. The molecule has 0 aliphatic rings. The van der Waals surface area contributed by atoms with E-state index in [-0.39, 0.29) is 0 Å². The Morgan fingerprint density at radius 3 is 1.35 bits per heavy atom. The Labute approximate surface area is 160 Å². The summed E-state index contributed by atoms with van der Waals surface area (Å²) < 4.78 is 33.1. The molecule has 0 rings (SSSR count). The molecular formula is C15H34NNaO5S. The van der Waals surface area contributed by atoms with E-state index in [1.165, 1.54) is 101 Å². The Balaban J connectivity index is -0.000000329. The summed E-state index contributed by atoms with van der Waals surface area (Å²) in [5.41, 5.74) is 0. The molecule has 1 amide bonds. The molecule has 0 aromatic heterocycles. The summed E-state index contributed by atoms with van der Waals surface area (Å²) in [7, 11) is -1.29. The van der Waals surface area contributed by atoms with Crippen molar-refractivity contribution in [1.82, 2.24) is 4.90 Å². The molecule has 0 radical (unpaired) electrons. The van der Waals surface area contributed by atoms with Crippen LogP contribution in [0.1, 0.15) is 71.1 Å². The van der Waals surface area contributed by atoms with Crippen LogP contribution < -0.4 is 0 Å². The van der Waals surface area contributed by atoms with Gasteiger partial charge in [0.05, 0.1) is 0 Å². The minimum atomic E-state index is -4.67. The zero-order valence-corrected chi connectivity index (χ0v) is 18.1. The third-order valence-electron chi connectivity index (χ3n) is 2.92. The predicted octanol–water partition coefficient (Wildman–Crippen LogP) is 3.55. The van der Waals surface area contributed by atoms with Crippen molar-refractivity contribution in [1.29, 1.82) is 0 Å². The average molecular weight is 363 g/mol. The maximum absolute atomic E-state index is 9.43. The van der Waals surface area contributed by atoms with Gasteiger partial charge >= 0.3 is 113 Å². The molecule has 0 unspecified atom stereocenters. The van der Waals surface area contributed by atoms with Gasteiger partial charge in [0.2, 0.25) is 6.41 Å². The van der Waals surface area contributed by atoms with E-state index in [0.29, 0.717) is 0 Å². The SMILES string of the molecule is CCCCCCCCCCC[CH2][Na].CN(C)C=O.O=S(=O)(O)O. The molecule has 0 aromatic carbocycles. The largest absolute Gasteiger partial charge is 0.394 e. The maximum atomic E-state index is 9.43. The van der Waals surface area contributed by atoms with Crippen LogP contribution in [0.25, 0.3) is 0 Å². The van der Waals surface area contributed by atoms with Gasteiger partial charge in [0, 0.05) is 14.1 Å². The number of hydrogen-bond acceptors (Lipinski definition) is 3. The summed E-state index contributed by atoms with van der Waals surface area (Å²) in [6.45, 7) is 2.29. The zero-order chi connectivity index (χ0) is 18.6. The first kappa shape index (κ1) is 28.2. The van der Waals surface area contributed by atoms with Gasteiger partial charge in [0.25, 0.3) is 0 Å². The fourth-order valence-electron chi connectivity index (χ4n) is 1.74. The molecule has 0 aliphatic carbocycles. The van der Waals surface area contributed by atoms with Crippen LogP contribution >= 0.6 is 0 Å². The molecular weight excluding hydrogens is 329 g/mol. The van der Waals surface area contributed by atoms with E-state index in [1.807, 2.05) is 0 Å². The second-order valence-corrected chi connectivity index (χ2v) is 7.59. The maximum Gasteiger partial charge on any atom is 0.394 e. The van der Waals surface area contributed by atoms with Gasteiger partial charge in [-0.15, -0.1) is 0 Å². The molecule has 0 saturated heterocycles. The van der Waals surface area contributed by atoms with Gasteiger partial charge < -0.3 is 4.90 Å². The Bertz CT molecular complexity index is 306. The van der Waals surface area contributed by atoms with Gasteiger partial charge in [-0.05, 0) is 0 Å². The van der Waals surface area contributed by atoms with Gasteiger partial charge in [-0.2, -0.15) is 8.42 Å². The number of carbonyl (C=O) groups excluding carboxylic acids is 1. The summed E-state index contributed by atoms with van der Waals surface area (Å²) in [5, 5.41) is 0. The average Bonchev–Trinajstić information content (AvgIpc) is 2.44. The van der Waals surface area contributed by atoms with E-state index >= 15 is 0 Å². The number of hydrogen-bond donors (Lipinski definition) is 2. The zero-order valence-electron chi connectivity index (χ0n) is 15.3. The molecule has 0 atom stereocenters. The van der Waals surface area contributed by atoms with E-state index in [9.17, 15) is 4.79 Å². The fraction of sp³-hybridized carbons (Fsp3) is 0.933. The van der Waals surface area contributed by atoms with E-state index in [1.54, 1.807) is 14.1 Å². The van der Waals surface area contributed by atoms with Crippen LogP contribution in [-0.2, 0) is 15.2 Å². The van der Waals surface area contributed by atoms with Crippen molar-refractivity contribution in [3.05, 3.63) is 0 Å². The molecule has 0 fully saturated rings. The van der Waals surface area contributed by atoms with Crippen molar-refractivity contribution in [2.45, 2.75) is 74.8 Å². The molecule has 0 saturated carbocycles. The third kappa shape index (κ3) is 60.7. The van der Waals surface area contributed by atoms with Crippen molar-refractivity contribution in [2.24, 2.45) is 0 Å². The summed E-state index contributed by atoms with van der Waals surface area (Å²) in [4.78, 5) is 10.9. The van der Waals surface area contributed by atoms with Gasteiger partial charge in [0.15, 0.2) is 0 Å². The van der Waals surface area contributed by atoms with Gasteiger partial charge in [0.1, 0.15) is 0 Å². The summed E-state index contributed by atoms with van der Waals surface area (Å²) in [5.74, 6) is 0. The van der Waals surface area contributed by atoms with Crippen LogP contribution in [-0.4, -0.2) is 70.9 Å².